The summed E-state index contributed by atoms with van der Waals surface area (Å²) in [6.45, 7) is 0. The van der Waals surface area contributed by atoms with Crippen molar-refractivity contribution in [2.75, 3.05) is 0 Å². The summed E-state index contributed by atoms with van der Waals surface area (Å²) in [4.78, 5) is 14.6. The molecule has 13 heavy (non-hydrogen) atoms. The standard InChI is InChI=1S/C9H6ClNO2/c10-6-1-2-7-5(3-6)4-8(11-7)9(12)13/h1-4,7H,(H,12,13)/t7-/m1/s1. The minimum Gasteiger partial charge on any atom is -0.477 e. The maximum absolute atomic E-state index is 10.6. The van der Waals surface area contributed by atoms with Crippen molar-refractivity contribution in [3.05, 3.63) is 34.9 Å². The molecule has 0 aromatic carbocycles. The van der Waals surface area contributed by atoms with E-state index in [0.29, 0.717) is 5.03 Å². The number of fused-ring (bicyclic) bond motifs is 1. The van der Waals surface area contributed by atoms with Gasteiger partial charge in [-0.25, -0.2) is 4.79 Å². The van der Waals surface area contributed by atoms with Gasteiger partial charge >= 0.3 is 5.97 Å². The molecule has 4 heteroatoms. The molecule has 1 N–H and O–H groups in total. The SMILES string of the molecule is O=C(O)C1=N[C@@H]2C=CC(Cl)=CC2=C1. The topological polar surface area (TPSA) is 49.7 Å². The molecule has 0 aromatic heterocycles. The average Bonchev–Trinajstić information content (AvgIpc) is 2.46. The van der Waals surface area contributed by atoms with E-state index in [1.807, 2.05) is 0 Å². The monoisotopic (exact) mass is 195 g/mol. The van der Waals surface area contributed by atoms with Gasteiger partial charge in [-0.1, -0.05) is 17.7 Å². The molecule has 2 aliphatic rings. The smallest absolute Gasteiger partial charge is 0.354 e. The second-order valence-electron chi connectivity index (χ2n) is 2.80. The lowest BCUT2D eigenvalue weighted by Crippen LogP contribution is -2.08. The van der Waals surface area contributed by atoms with Gasteiger partial charge in [-0.2, -0.15) is 0 Å². The first-order valence-electron chi connectivity index (χ1n) is 3.75. The van der Waals surface area contributed by atoms with Crippen molar-refractivity contribution in [1.29, 1.82) is 0 Å². The van der Waals surface area contributed by atoms with Crippen LogP contribution in [0.4, 0.5) is 0 Å². The second kappa shape index (κ2) is 2.85. The largest absolute Gasteiger partial charge is 0.477 e. The lowest BCUT2D eigenvalue weighted by atomic mass is 10.0. The Bertz CT molecular complexity index is 390. The third kappa shape index (κ3) is 1.42. The van der Waals surface area contributed by atoms with Gasteiger partial charge < -0.3 is 5.11 Å². The summed E-state index contributed by atoms with van der Waals surface area (Å²) in [5.74, 6) is -1.00. The summed E-state index contributed by atoms with van der Waals surface area (Å²) >= 11 is 5.75. The summed E-state index contributed by atoms with van der Waals surface area (Å²) in [7, 11) is 0. The molecule has 2 rings (SSSR count). The van der Waals surface area contributed by atoms with E-state index in [-0.39, 0.29) is 11.8 Å². The number of halogens is 1. The zero-order valence-corrected chi connectivity index (χ0v) is 7.32. The lowest BCUT2D eigenvalue weighted by molar-refractivity contribution is -0.129. The maximum Gasteiger partial charge on any atom is 0.354 e. The van der Waals surface area contributed by atoms with Gasteiger partial charge in [-0.05, 0) is 23.8 Å². The van der Waals surface area contributed by atoms with Gasteiger partial charge in [-0.15, -0.1) is 0 Å². The van der Waals surface area contributed by atoms with Gasteiger partial charge in [0.1, 0.15) is 5.71 Å². The molecule has 66 valence electrons. The lowest BCUT2D eigenvalue weighted by Gasteiger charge is -2.07. The summed E-state index contributed by atoms with van der Waals surface area (Å²) in [5, 5.41) is 9.27. The van der Waals surface area contributed by atoms with Gasteiger partial charge in [0.2, 0.25) is 0 Å². The number of hydrogen-bond donors (Lipinski definition) is 1. The molecule has 0 radical (unpaired) electrons. The molecule has 0 saturated carbocycles. The average molecular weight is 196 g/mol. The normalized spacial score (nSPS) is 24.7. The van der Waals surface area contributed by atoms with Crippen LogP contribution in [0.15, 0.2) is 39.9 Å². The number of rotatable bonds is 1. The summed E-state index contributed by atoms with van der Waals surface area (Å²) in [6, 6.07) is -0.159. The van der Waals surface area contributed by atoms with Crippen LogP contribution in [0.2, 0.25) is 0 Å². The van der Waals surface area contributed by atoms with Crippen molar-refractivity contribution in [3.8, 4) is 0 Å². The molecule has 0 unspecified atom stereocenters. The number of hydrogen-bond acceptors (Lipinski definition) is 2. The fraction of sp³-hybridized carbons (Fsp3) is 0.111. The fourth-order valence-corrected chi connectivity index (χ4v) is 1.49. The highest BCUT2D eigenvalue weighted by atomic mass is 35.5. The highest BCUT2D eigenvalue weighted by molar-refractivity contribution is 6.41. The Morgan fingerprint density at radius 1 is 1.54 bits per heavy atom. The molecule has 1 aliphatic carbocycles. The number of nitrogens with zero attached hydrogens (tertiary/aromatic N) is 1. The Morgan fingerprint density at radius 3 is 3.00 bits per heavy atom. The molecule has 1 heterocycles. The van der Waals surface area contributed by atoms with E-state index < -0.39 is 5.97 Å². The first-order chi connectivity index (χ1) is 6.16. The summed E-state index contributed by atoms with van der Waals surface area (Å²) < 4.78 is 0. The molecule has 1 atom stereocenters. The van der Waals surface area contributed by atoms with Crippen LogP contribution in [-0.2, 0) is 4.79 Å². The second-order valence-corrected chi connectivity index (χ2v) is 3.23. The van der Waals surface area contributed by atoms with Crippen LogP contribution < -0.4 is 0 Å². The molecular weight excluding hydrogens is 190 g/mol. The van der Waals surface area contributed by atoms with Crippen molar-refractivity contribution >= 4 is 23.3 Å². The number of carboxylic acid groups (broad SMARTS) is 1. The Labute approximate surface area is 79.7 Å². The highest BCUT2D eigenvalue weighted by Gasteiger charge is 2.22. The van der Waals surface area contributed by atoms with E-state index in [4.69, 9.17) is 16.7 Å². The van der Waals surface area contributed by atoms with Crippen LogP contribution in [0.25, 0.3) is 0 Å². The van der Waals surface area contributed by atoms with Crippen LogP contribution in [0.1, 0.15) is 0 Å². The van der Waals surface area contributed by atoms with Crippen molar-refractivity contribution in [2.45, 2.75) is 6.04 Å². The Hall–Kier alpha value is -1.35. The van der Waals surface area contributed by atoms with Crippen molar-refractivity contribution in [1.82, 2.24) is 0 Å². The van der Waals surface area contributed by atoms with E-state index in [1.54, 1.807) is 24.3 Å². The molecule has 1 aliphatic heterocycles. The summed E-state index contributed by atoms with van der Waals surface area (Å²) in [5.41, 5.74) is 0.928. The van der Waals surface area contributed by atoms with E-state index in [0.717, 1.165) is 5.57 Å². The van der Waals surface area contributed by atoms with Crippen LogP contribution in [-0.4, -0.2) is 22.8 Å². The van der Waals surface area contributed by atoms with Gasteiger partial charge in [0, 0.05) is 5.03 Å². The van der Waals surface area contributed by atoms with Crippen LogP contribution in [0.5, 0.6) is 0 Å². The molecule has 0 aromatic rings. The molecular formula is C9H6ClNO2. The number of carboxylic acids is 1. The summed E-state index contributed by atoms with van der Waals surface area (Å²) in [6.07, 6.45) is 6.77. The highest BCUT2D eigenvalue weighted by Crippen LogP contribution is 2.25. The van der Waals surface area contributed by atoms with E-state index in [1.165, 1.54) is 0 Å². The molecule has 0 fully saturated rings. The third-order valence-electron chi connectivity index (χ3n) is 1.88. The fourth-order valence-electron chi connectivity index (χ4n) is 1.29. The Balaban J connectivity index is 2.36. The van der Waals surface area contributed by atoms with Crippen LogP contribution in [0, 0.1) is 0 Å². The molecule has 0 saturated heterocycles. The first kappa shape index (κ1) is 8.26. The van der Waals surface area contributed by atoms with Crippen LogP contribution in [0.3, 0.4) is 0 Å². The predicted molar refractivity (Wildman–Crippen MR) is 50.0 cm³/mol. The minimum absolute atomic E-state index is 0.0901. The predicted octanol–water partition coefficient (Wildman–Crippen LogP) is 1.51. The van der Waals surface area contributed by atoms with E-state index in [9.17, 15) is 4.79 Å². The third-order valence-corrected chi connectivity index (χ3v) is 2.12. The van der Waals surface area contributed by atoms with Crippen molar-refractivity contribution in [2.24, 2.45) is 4.99 Å². The minimum atomic E-state index is -1.00. The van der Waals surface area contributed by atoms with Gasteiger partial charge in [0.15, 0.2) is 0 Å². The first-order valence-corrected chi connectivity index (χ1v) is 4.13. The number of aliphatic carboxylic acids is 1. The van der Waals surface area contributed by atoms with Crippen molar-refractivity contribution < 1.29 is 9.90 Å². The van der Waals surface area contributed by atoms with E-state index >= 15 is 0 Å². The van der Waals surface area contributed by atoms with Gasteiger partial charge in [-0.3, -0.25) is 4.99 Å². The molecule has 0 amide bonds. The molecule has 3 nitrogen and oxygen atoms in total. The number of allylic oxidation sites excluding steroid dienone is 2. The van der Waals surface area contributed by atoms with E-state index in [2.05, 4.69) is 4.99 Å². The van der Waals surface area contributed by atoms with Crippen LogP contribution >= 0.6 is 11.6 Å². The number of aliphatic imine (C=N–C) groups is 1. The quantitative estimate of drug-likeness (QED) is 0.690. The van der Waals surface area contributed by atoms with Gasteiger partial charge in [0.05, 0.1) is 6.04 Å². The maximum atomic E-state index is 10.6. The number of carbonyl (C=O) groups is 1. The zero-order valence-electron chi connectivity index (χ0n) is 6.57. The Kier molecular flexibility index (Phi) is 1.81. The van der Waals surface area contributed by atoms with Crippen molar-refractivity contribution in [3.63, 3.8) is 0 Å². The van der Waals surface area contributed by atoms with Gasteiger partial charge in [0.25, 0.3) is 0 Å². The Morgan fingerprint density at radius 2 is 2.31 bits per heavy atom. The zero-order chi connectivity index (χ0) is 9.42. The molecule has 0 bridgehead atoms. The molecule has 0 spiro atoms.